The topological polar surface area (TPSA) is 79.3 Å². The molecule has 2 N–H and O–H groups in total. The van der Waals surface area contributed by atoms with Crippen molar-refractivity contribution in [2.45, 2.75) is 19.8 Å². The lowest BCUT2D eigenvalue weighted by Gasteiger charge is -2.14. The minimum atomic E-state index is -0.161. The normalized spacial score (nSPS) is 14.8. The van der Waals surface area contributed by atoms with Crippen molar-refractivity contribution in [2.75, 3.05) is 26.2 Å². The Morgan fingerprint density at radius 2 is 2.30 bits per heavy atom. The van der Waals surface area contributed by atoms with E-state index in [-0.39, 0.29) is 17.9 Å². The van der Waals surface area contributed by atoms with Gasteiger partial charge in [0.05, 0.1) is 5.69 Å². The zero-order chi connectivity index (χ0) is 14.7. The van der Waals surface area contributed by atoms with Crippen molar-refractivity contribution in [3.8, 4) is 0 Å². The number of rotatable bonds is 5. The Morgan fingerprint density at radius 1 is 1.55 bits per heavy atom. The minimum Gasteiger partial charge on any atom is -0.349 e. The Hall–Kier alpha value is -2.05. The van der Waals surface area contributed by atoms with E-state index in [4.69, 9.17) is 0 Å². The minimum absolute atomic E-state index is 0.0677. The van der Waals surface area contributed by atoms with Crippen LogP contribution < -0.4 is 10.6 Å². The number of hydrogen-bond acceptors (Lipinski definition) is 3. The van der Waals surface area contributed by atoms with E-state index in [2.05, 4.69) is 15.7 Å². The van der Waals surface area contributed by atoms with Crippen LogP contribution in [0.15, 0.2) is 6.07 Å². The third kappa shape index (κ3) is 3.09. The second kappa shape index (κ2) is 5.94. The molecule has 0 unspecified atom stereocenters. The number of amides is 3. The lowest BCUT2D eigenvalue weighted by molar-refractivity contribution is 0.0941. The van der Waals surface area contributed by atoms with Gasteiger partial charge in [-0.3, -0.25) is 9.48 Å². The van der Waals surface area contributed by atoms with Gasteiger partial charge in [0.25, 0.3) is 5.91 Å². The summed E-state index contributed by atoms with van der Waals surface area (Å²) in [6, 6.07) is 1.74. The third-order valence-electron chi connectivity index (χ3n) is 3.34. The summed E-state index contributed by atoms with van der Waals surface area (Å²) in [6.07, 6.45) is 0. The molecule has 110 valence electrons. The number of hydrogen-bond donors (Lipinski definition) is 2. The highest BCUT2D eigenvalue weighted by molar-refractivity contribution is 5.92. The van der Waals surface area contributed by atoms with Gasteiger partial charge in [0.2, 0.25) is 0 Å². The second-order valence-corrected chi connectivity index (χ2v) is 5.21. The van der Waals surface area contributed by atoms with E-state index < -0.39 is 0 Å². The van der Waals surface area contributed by atoms with Crippen molar-refractivity contribution < 1.29 is 9.59 Å². The molecule has 1 aromatic heterocycles. The molecule has 7 heteroatoms. The molecule has 0 spiro atoms. The Balaban J connectivity index is 1.87. The number of aromatic nitrogens is 2. The van der Waals surface area contributed by atoms with Crippen molar-refractivity contribution in [3.63, 3.8) is 0 Å². The Kier molecular flexibility index (Phi) is 4.26. The summed E-state index contributed by atoms with van der Waals surface area (Å²) in [5.74, 6) is 0.127. The first kappa shape index (κ1) is 14.4. The maximum absolute atomic E-state index is 12.1. The fraction of sp³-hybridized carbons (Fsp3) is 0.615. The number of urea groups is 1. The molecule has 0 aromatic carbocycles. The highest BCUT2D eigenvalue weighted by atomic mass is 16.2. The van der Waals surface area contributed by atoms with Crippen LogP contribution in [0.25, 0.3) is 0 Å². The van der Waals surface area contributed by atoms with Crippen molar-refractivity contribution in [1.29, 1.82) is 0 Å². The molecule has 0 atom stereocenters. The molecule has 2 heterocycles. The van der Waals surface area contributed by atoms with Crippen molar-refractivity contribution >= 4 is 11.9 Å². The predicted molar refractivity (Wildman–Crippen MR) is 74.6 cm³/mol. The standard InChI is InChI=1S/C13H21N5O2/c1-9(2)10-8-11(17(3)16-10)12(19)14-4-6-18-7-5-15-13(18)20/h8-9H,4-7H2,1-3H3,(H,14,19)(H,15,20). The Labute approximate surface area is 118 Å². The average Bonchev–Trinajstić information content (AvgIpc) is 2.96. The summed E-state index contributed by atoms with van der Waals surface area (Å²) in [6.45, 7) is 6.40. The molecule has 7 nitrogen and oxygen atoms in total. The summed E-state index contributed by atoms with van der Waals surface area (Å²) in [5.41, 5.74) is 1.44. The van der Waals surface area contributed by atoms with Gasteiger partial charge >= 0.3 is 6.03 Å². The molecule has 0 bridgehead atoms. The summed E-state index contributed by atoms with van der Waals surface area (Å²) in [4.78, 5) is 25.1. The van der Waals surface area contributed by atoms with Crippen LogP contribution in [0.2, 0.25) is 0 Å². The first-order chi connectivity index (χ1) is 9.49. The van der Waals surface area contributed by atoms with E-state index in [1.807, 2.05) is 19.9 Å². The van der Waals surface area contributed by atoms with Crippen LogP contribution >= 0.6 is 0 Å². The summed E-state index contributed by atoms with van der Waals surface area (Å²) in [7, 11) is 1.76. The summed E-state index contributed by atoms with van der Waals surface area (Å²) in [5, 5.41) is 9.85. The van der Waals surface area contributed by atoms with Crippen LogP contribution in [0.4, 0.5) is 4.79 Å². The predicted octanol–water partition coefficient (Wildman–Crippen LogP) is 0.299. The molecule has 20 heavy (non-hydrogen) atoms. The SMILES string of the molecule is CC(C)c1cc(C(=O)NCCN2CCNC2=O)n(C)n1. The molecule has 2 rings (SSSR count). The van der Waals surface area contributed by atoms with Gasteiger partial charge < -0.3 is 15.5 Å². The van der Waals surface area contributed by atoms with E-state index in [9.17, 15) is 9.59 Å². The molecule has 1 aliphatic heterocycles. The molecule has 1 saturated heterocycles. The molecule has 0 saturated carbocycles. The first-order valence-electron chi connectivity index (χ1n) is 6.84. The second-order valence-electron chi connectivity index (χ2n) is 5.21. The van der Waals surface area contributed by atoms with Crippen LogP contribution in [-0.4, -0.2) is 52.8 Å². The maximum Gasteiger partial charge on any atom is 0.317 e. The van der Waals surface area contributed by atoms with Gasteiger partial charge in [-0.2, -0.15) is 5.10 Å². The first-order valence-corrected chi connectivity index (χ1v) is 6.84. The number of carbonyl (C=O) groups excluding carboxylic acids is 2. The van der Waals surface area contributed by atoms with Crippen LogP contribution in [0.1, 0.15) is 35.9 Å². The zero-order valence-corrected chi connectivity index (χ0v) is 12.1. The van der Waals surface area contributed by atoms with Crippen LogP contribution in [-0.2, 0) is 7.05 Å². The number of nitrogens with zero attached hydrogens (tertiary/aromatic N) is 3. The van der Waals surface area contributed by atoms with Gasteiger partial charge in [-0.1, -0.05) is 13.8 Å². The number of carbonyl (C=O) groups is 2. The summed E-state index contributed by atoms with van der Waals surface area (Å²) < 4.78 is 1.59. The smallest absolute Gasteiger partial charge is 0.317 e. The quantitative estimate of drug-likeness (QED) is 0.813. The molecule has 1 fully saturated rings. The Morgan fingerprint density at radius 3 is 2.85 bits per heavy atom. The average molecular weight is 279 g/mol. The summed E-state index contributed by atoms with van der Waals surface area (Å²) >= 11 is 0. The molecular weight excluding hydrogens is 258 g/mol. The highest BCUT2D eigenvalue weighted by Crippen LogP contribution is 2.13. The van der Waals surface area contributed by atoms with Gasteiger partial charge in [-0.15, -0.1) is 0 Å². The van der Waals surface area contributed by atoms with Crippen molar-refractivity contribution in [3.05, 3.63) is 17.5 Å². The van der Waals surface area contributed by atoms with Gasteiger partial charge in [0.1, 0.15) is 5.69 Å². The maximum atomic E-state index is 12.1. The van der Waals surface area contributed by atoms with Gasteiger partial charge in [0, 0.05) is 33.2 Å². The van der Waals surface area contributed by atoms with Crippen LogP contribution in [0.5, 0.6) is 0 Å². The highest BCUT2D eigenvalue weighted by Gasteiger charge is 2.19. The lowest BCUT2D eigenvalue weighted by Crippen LogP contribution is -2.37. The molecular formula is C13H21N5O2. The number of nitrogens with one attached hydrogen (secondary N) is 2. The molecule has 1 aromatic rings. The van der Waals surface area contributed by atoms with E-state index in [0.717, 1.165) is 5.69 Å². The van der Waals surface area contributed by atoms with Crippen molar-refractivity contribution in [2.24, 2.45) is 7.05 Å². The number of aryl methyl sites for hydroxylation is 1. The molecule has 3 amide bonds. The van der Waals surface area contributed by atoms with Crippen molar-refractivity contribution in [1.82, 2.24) is 25.3 Å². The van der Waals surface area contributed by atoms with E-state index in [0.29, 0.717) is 31.9 Å². The van der Waals surface area contributed by atoms with Gasteiger partial charge in [0.15, 0.2) is 0 Å². The van der Waals surface area contributed by atoms with Gasteiger partial charge in [-0.05, 0) is 12.0 Å². The lowest BCUT2D eigenvalue weighted by atomic mass is 10.1. The molecule has 0 aliphatic carbocycles. The van der Waals surface area contributed by atoms with Crippen LogP contribution in [0, 0.1) is 0 Å². The van der Waals surface area contributed by atoms with E-state index in [1.165, 1.54) is 0 Å². The molecule has 0 radical (unpaired) electrons. The van der Waals surface area contributed by atoms with E-state index in [1.54, 1.807) is 16.6 Å². The largest absolute Gasteiger partial charge is 0.349 e. The van der Waals surface area contributed by atoms with E-state index >= 15 is 0 Å². The van der Waals surface area contributed by atoms with Gasteiger partial charge in [-0.25, -0.2) is 4.79 Å². The fourth-order valence-electron chi connectivity index (χ4n) is 2.10. The molecule has 1 aliphatic rings. The van der Waals surface area contributed by atoms with Crippen LogP contribution in [0.3, 0.4) is 0 Å². The monoisotopic (exact) mass is 279 g/mol. The zero-order valence-electron chi connectivity index (χ0n) is 12.1. The Bertz CT molecular complexity index is 509. The third-order valence-corrected chi connectivity index (χ3v) is 3.34. The fourth-order valence-corrected chi connectivity index (χ4v) is 2.10.